The summed E-state index contributed by atoms with van der Waals surface area (Å²) in [5, 5.41) is 4.13. The standard InChI is InChI=1S/C22H21ClFNO2/c1-15-19(23)4-3-5-20(15)25-13-17-8-11-21(22(12-17)26-2)27-14-16-6-9-18(24)10-7-16/h3-12,25H,13-14H2,1-2H3. The Bertz CT molecular complexity index is 913. The highest BCUT2D eigenvalue weighted by Crippen LogP contribution is 2.30. The van der Waals surface area contributed by atoms with Crippen LogP contribution >= 0.6 is 11.6 Å². The van der Waals surface area contributed by atoms with Gasteiger partial charge in [-0.25, -0.2) is 4.39 Å². The Morgan fingerprint density at radius 2 is 1.70 bits per heavy atom. The maximum atomic E-state index is 13.0. The van der Waals surface area contributed by atoms with E-state index in [1.165, 1.54) is 12.1 Å². The van der Waals surface area contributed by atoms with Crippen LogP contribution in [0.4, 0.5) is 10.1 Å². The van der Waals surface area contributed by atoms with E-state index in [-0.39, 0.29) is 5.82 Å². The van der Waals surface area contributed by atoms with Gasteiger partial charge in [-0.3, -0.25) is 0 Å². The van der Waals surface area contributed by atoms with Crippen molar-refractivity contribution in [3.05, 3.63) is 88.2 Å². The Morgan fingerprint density at radius 1 is 0.963 bits per heavy atom. The lowest BCUT2D eigenvalue weighted by atomic mass is 10.1. The van der Waals surface area contributed by atoms with Crippen molar-refractivity contribution in [1.82, 2.24) is 0 Å². The Balaban J connectivity index is 1.66. The van der Waals surface area contributed by atoms with Crippen LogP contribution in [0.15, 0.2) is 60.7 Å². The van der Waals surface area contributed by atoms with E-state index in [1.54, 1.807) is 19.2 Å². The van der Waals surface area contributed by atoms with Gasteiger partial charge in [0.05, 0.1) is 7.11 Å². The molecule has 0 saturated carbocycles. The van der Waals surface area contributed by atoms with E-state index in [2.05, 4.69) is 5.32 Å². The second-order valence-corrected chi connectivity index (χ2v) is 6.57. The molecule has 27 heavy (non-hydrogen) atoms. The monoisotopic (exact) mass is 385 g/mol. The molecule has 0 atom stereocenters. The number of nitrogens with one attached hydrogen (secondary N) is 1. The molecule has 3 aromatic carbocycles. The van der Waals surface area contributed by atoms with E-state index >= 15 is 0 Å². The van der Waals surface area contributed by atoms with E-state index in [1.807, 2.05) is 43.3 Å². The lowest BCUT2D eigenvalue weighted by Crippen LogP contribution is -2.03. The zero-order valence-electron chi connectivity index (χ0n) is 15.3. The fourth-order valence-electron chi connectivity index (χ4n) is 2.68. The molecule has 3 rings (SSSR count). The predicted octanol–water partition coefficient (Wildman–Crippen LogP) is 5.99. The van der Waals surface area contributed by atoms with Gasteiger partial charge < -0.3 is 14.8 Å². The predicted molar refractivity (Wildman–Crippen MR) is 107 cm³/mol. The molecule has 0 radical (unpaired) electrons. The maximum absolute atomic E-state index is 13.0. The number of hydrogen-bond donors (Lipinski definition) is 1. The fourth-order valence-corrected chi connectivity index (χ4v) is 2.85. The van der Waals surface area contributed by atoms with Gasteiger partial charge in [-0.1, -0.05) is 35.9 Å². The number of hydrogen-bond acceptors (Lipinski definition) is 3. The summed E-state index contributed by atoms with van der Waals surface area (Å²) >= 11 is 6.16. The molecule has 5 heteroatoms. The molecule has 0 unspecified atom stereocenters. The normalized spacial score (nSPS) is 10.5. The minimum atomic E-state index is -0.261. The second kappa shape index (κ2) is 8.78. The van der Waals surface area contributed by atoms with Crippen LogP contribution in [0.25, 0.3) is 0 Å². The van der Waals surface area contributed by atoms with Crippen LogP contribution in [0.1, 0.15) is 16.7 Å². The highest BCUT2D eigenvalue weighted by Gasteiger charge is 2.08. The van der Waals surface area contributed by atoms with Crippen molar-refractivity contribution < 1.29 is 13.9 Å². The SMILES string of the molecule is COc1cc(CNc2cccc(Cl)c2C)ccc1OCc1ccc(F)cc1. The molecule has 1 N–H and O–H groups in total. The smallest absolute Gasteiger partial charge is 0.161 e. The molecule has 0 aliphatic carbocycles. The molecule has 0 aliphatic rings. The molecular formula is C22H21ClFNO2. The molecule has 0 amide bonds. The first kappa shape index (κ1) is 19.1. The Labute approximate surface area is 163 Å². The highest BCUT2D eigenvalue weighted by molar-refractivity contribution is 6.31. The van der Waals surface area contributed by atoms with Crippen LogP contribution in [0.5, 0.6) is 11.5 Å². The zero-order chi connectivity index (χ0) is 19.2. The van der Waals surface area contributed by atoms with Crippen molar-refractivity contribution in [3.8, 4) is 11.5 Å². The first-order valence-electron chi connectivity index (χ1n) is 8.60. The quantitative estimate of drug-likeness (QED) is 0.542. The first-order chi connectivity index (χ1) is 13.1. The summed E-state index contributed by atoms with van der Waals surface area (Å²) in [6, 6.07) is 17.8. The molecule has 0 saturated heterocycles. The average Bonchev–Trinajstić information content (AvgIpc) is 2.69. The van der Waals surface area contributed by atoms with Crippen molar-refractivity contribution in [2.75, 3.05) is 12.4 Å². The molecule has 3 aromatic rings. The van der Waals surface area contributed by atoms with Crippen molar-refractivity contribution in [2.45, 2.75) is 20.1 Å². The Hall–Kier alpha value is -2.72. The Kier molecular flexibility index (Phi) is 6.20. The molecule has 0 heterocycles. The number of halogens is 2. The molecule has 3 nitrogen and oxygen atoms in total. The van der Waals surface area contributed by atoms with Gasteiger partial charge in [0, 0.05) is 17.3 Å². The first-order valence-corrected chi connectivity index (χ1v) is 8.98. The molecule has 0 aromatic heterocycles. The number of methoxy groups -OCH3 is 1. The third kappa shape index (κ3) is 4.92. The number of benzene rings is 3. The van der Waals surface area contributed by atoms with Gasteiger partial charge in [-0.2, -0.15) is 0 Å². The van der Waals surface area contributed by atoms with E-state index < -0.39 is 0 Å². The van der Waals surface area contributed by atoms with Crippen molar-refractivity contribution in [3.63, 3.8) is 0 Å². The van der Waals surface area contributed by atoms with Crippen LogP contribution in [0.2, 0.25) is 5.02 Å². The van der Waals surface area contributed by atoms with E-state index in [0.717, 1.165) is 27.4 Å². The van der Waals surface area contributed by atoms with Gasteiger partial charge in [0.1, 0.15) is 12.4 Å². The highest BCUT2D eigenvalue weighted by atomic mass is 35.5. The number of ether oxygens (including phenoxy) is 2. The van der Waals surface area contributed by atoms with Gasteiger partial charge in [0.2, 0.25) is 0 Å². The fraction of sp³-hybridized carbons (Fsp3) is 0.182. The lowest BCUT2D eigenvalue weighted by Gasteiger charge is -2.14. The van der Waals surface area contributed by atoms with E-state index in [4.69, 9.17) is 21.1 Å². The maximum Gasteiger partial charge on any atom is 0.161 e. The molecule has 0 fully saturated rings. The van der Waals surface area contributed by atoms with Gasteiger partial charge in [0.15, 0.2) is 11.5 Å². The van der Waals surface area contributed by atoms with Crippen molar-refractivity contribution in [1.29, 1.82) is 0 Å². The number of rotatable bonds is 7. The van der Waals surface area contributed by atoms with Crippen molar-refractivity contribution in [2.24, 2.45) is 0 Å². The van der Waals surface area contributed by atoms with Gasteiger partial charge >= 0.3 is 0 Å². The summed E-state index contributed by atoms with van der Waals surface area (Å²) in [7, 11) is 1.61. The molecule has 140 valence electrons. The Morgan fingerprint density at radius 3 is 2.44 bits per heavy atom. The largest absolute Gasteiger partial charge is 0.493 e. The van der Waals surface area contributed by atoms with Gasteiger partial charge in [-0.15, -0.1) is 0 Å². The third-order valence-electron chi connectivity index (χ3n) is 4.29. The summed E-state index contributed by atoms with van der Waals surface area (Å²) in [5.41, 5.74) is 3.96. The van der Waals surface area contributed by atoms with Crippen molar-refractivity contribution >= 4 is 17.3 Å². The third-order valence-corrected chi connectivity index (χ3v) is 4.70. The van der Waals surface area contributed by atoms with Crippen LogP contribution in [0.3, 0.4) is 0 Å². The topological polar surface area (TPSA) is 30.5 Å². The summed E-state index contributed by atoms with van der Waals surface area (Å²) < 4.78 is 24.3. The van der Waals surface area contributed by atoms with E-state index in [0.29, 0.717) is 24.7 Å². The molecular weight excluding hydrogens is 365 g/mol. The minimum Gasteiger partial charge on any atom is -0.493 e. The van der Waals surface area contributed by atoms with Crippen LogP contribution < -0.4 is 14.8 Å². The molecule has 0 bridgehead atoms. The van der Waals surface area contributed by atoms with Crippen LogP contribution in [-0.2, 0) is 13.2 Å². The zero-order valence-corrected chi connectivity index (χ0v) is 16.0. The average molecular weight is 386 g/mol. The molecule has 0 aliphatic heterocycles. The van der Waals surface area contributed by atoms with E-state index in [9.17, 15) is 4.39 Å². The summed E-state index contributed by atoms with van der Waals surface area (Å²) in [4.78, 5) is 0. The summed E-state index contributed by atoms with van der Waals surface area (Å²) in [6.07, 6.45) is 0. The second-order valence-electron chi connectivity index (χ2n) is 6.17. The lowest BCUT2D eigenvalue weighted by molar-refractivity contribution is 0.284. The summed E-state index contributed by atoms with van der Waals surface area (Å²) in [5.74, 6) is 1.03. The van der Waals surface area contributed by atoms with Crippen LogP contribution in [0, 0.1) is 12.7 Å². The number of anilines is 1. The van der Waals surface area contributed by atoms with Gasteiger partial charge in [-0.05, 0) is 60.0 Å². The van der Waals surface area contributed by atoms with Crippen LogP contribution in [-0.4, -0.2) is 7.11 Å². The molecule has 0 spiro atoms. The van der Waals surface area contributed by atoms with Gasteiger partial charge in [0.25, 0.3) is 0 Å². The summed E-state index contributed by atoms with van der Waals surface area (Å²) in [6.45, 7) is 2.96. The minimum absolute atomic E-state index is 0.261.